The summed E-state index contributed by atoms with van der Waals surface area (Å²) in [6.45, 7) is 9.34. The van der Waals surface area contributed by atoms with E-state index in [1.54, 1.807) is 23.1 Å². The van der Waals surface area contributed by atoms with Crippen LogP contribution in [0.3, 0.4) is 0 Å². The molecule has 6 nitrogen and oxygen atoms in total. The number of piperazine rings is 1. The maximum atomic E-state index is 14.0. The van der Waals surface area contributed by atoms with Crippen LogP contribution in [0, 0.1) is 5.82 Å². The standard InChI is InChI=1S/C20H29FN4O2/c1-14(2)22-19(26)15(3)23-10-12-24(13-11-23)18-8-9-25(20(18)27)17-7-5-4-6-16(17)21/h4-7,14-15,18H,8-13H2,1-3H3,(H,22,26). The SMILES string of the molecule is CC(C)NC(=O)C(C)N1CCN(C2CCN(c3ccccc3F)C2=O)CC1. The number of hydrogen-bond acceptors (Lipinski definition) is 4. The highest BCUT2D eigenvalue weighted by Crippen LogP contribution is 2.27. The molecule has 0 aromatic heterocycles. The fourth-order valence-corrected chi connectivity index (χ4v) is 3.92. The van der Waals surface area contributed by atoms with Crippen LogP contribution in [0.25, 0.3) is 0 Å². The molecule has 7 heteroatoms. The highest BCUT2D eigenvalue weighted by molar-refractivity contribution is 5.99. The fourth-order valence-electron chi connectivity index (χ4n) is 3.92. The van der Waals surface area contributed by atoms with Crippen LogP contribution in [-0.2, 0) is 9.59 Å². The Bertz CT molecular complexity index is 688. The average Bonchev–Trinajstić information content (AvgIpc) is 3.02. The molecular weight excluding hydrogens is 347 g/mol. The van der Waals surface area contributed by atoms with Crippen molar-refractivity contribution in [1.29, 1.82) is 0 Å². The van der Waals surface area contributed by atoms with Crippen LogP contribution < -0.4 is 10.2 Å². The van der Waals surface area contributed by atoms with Gasteiger partial charge < -0.3 is 10.2 Å². The lowest BCUT2D eigenvalue weighted by Gasteiger charge is -2.39. The molecule has 3 rings (SSSR count). The molecule has 1 aromatic carbocycles. The first-order chi connectivity index (χ1) is 12.9. The molecule has 2 aliphatic heterocycles. The molecule has 2 unspecified atom stereocenters. The summed E-state index contributed by atoms with van der Waals surface area (Å²) < 4.78 is 14.0. The number of carbonyl (C=O) groups is 2. The van der Waals surface area contributed by atoms with Gasteiger partial charge in [0.25, 0.3) is 0 Å². The van der Waals surface area contributed by atoms with Crippen molar-refractivity contribution in [2.24, 2.45) is 0 Å². The Kier molecular flexibility index (Phi) is 6.11. The van der Waals surface area contributed by atoms with Crippen molar-refractivity contribution in [3.8, 4) is 0 Å². The van der Waals surface area contributed by atoms with Gasteiger partial charge in [-0.3, -0.25) is 19.4 Å². The predicted molar refractivity (Wildman–Crippen MR) is 103 cm³/mol. The zero-order chi connectivity index (χ0) is 19.6. The Balaban J connectivity index is 1.57. The van der Waals surface area contributed by atoms with Crippen molar-refractivity contribution in [3.05, 3.63) is 30.1 Å². The van der Waals surface area contributed by atoms with Crippen LogP contribution >= 0.6 is 0 Å². The van der Waals surface area contributed by atoms with E-state index in [1.165, 1.54) is 6.07 Å². The highest BCUT2D eigenvalue weighted by Gasteiger charge is 2.39. The number of nitrogens with zero attached hydrogens (tertiary/aromatic N) is 3. The second kappa shape index (κ2) is 8.35. The van der Waals surface area contributed by atoms with E-state index in [2.05, 4.69) is 15.1 Å². The Morgan fingerprint density at radius 3 is 2.41 bits per heavy atom. The normalized spacial score (nSPS) is 23.1. The molecular formula is C20H29FN4O2. The zero-order valence-corrected chi connectivity index (χ0v) is 16.3. The molecule has 2 fully saturated rings. The molecule has 2 saturated heterocycles. The summed E-state index contributed by atoms with van der Waals surface area (Å²) in [6, 6.07) is 6.17. The smallest absolute Gasteiger partial charge is 0.244 e. The number of benzene rings is 1. The van der Waals surface area contributed by atoms with E-state index in [0.29, 0.717) is 18.7 Å². The van der Waals surface area contributed by atoms with E-state index in [9.17, 15) is 14.0 Å². The molecule has 0 saturated carbocycles. The maximum Gasteiger partial charge on any atom is 0.244 e. The van der Waals surface area contributed by atoms with E-state index in [-0.39, 0.29) is 35.8 Å². The van der Waals surface area contributed by atoms with Gasteiger partial charge in [0, 0.05) is 38.8 Å². The zero-order valence-electron chi connectivity index (χ0n) is 16.3. The molecule has 2 amide bonds. The van der Waals surface area contributed by atoms with E-state index >= 15 is 0 Å². The first kappa shape index (κ1) is 19.8. The molecule has 1 N–H and O–H groups in total. The molecule has 148 valence electrons. The molecule has 27 heavy (non-hydrogen) atoms. The van der Waals surface area contributed by atoms with Crippen LogP contribution in [0.5, 0.6) is 0 Å². The minimum atomic E-state index is -0.360. The average molecular weight is 376 g/mol. The Morgan fingerprint density at radius 2 is 1.78 bits per heavy atom. The monoisotopic (exact) mass is 376 g/mol. The van der Waals surface area contributed by atoms with Crippen LogP contribution in [0.2, 0.25) is 0 Å². The topological polar surface area (TPSA) is 55.9 Å². The largest absolute Gasteiger partial charge is 0.353 e. The van der Waals surface area contributed by atoms with Crippen molar-refractivity contribution in [1.82, 2.24) is 15.1 Å². The van der Waals surface area contributed by atoms with Gasteiger partial charge in [-0.05, 0) is 39.3 Å². The number of para-hydroxylation sites is 1. The van der Waals surface area contributed by atoms with Crippen LogP contribution in [-0.4, -0.2) is 72.5 Å². The first-order valence-electron chi connectivity index (χ1n) is 9.73. The summed E-state index contributed by atoms with van der Waals surface area (Å²) in [5, 5.41) is 2.95. The van der Waals surface area contributed by atoms with Gasteiger partial charge in [-0.1, -0.05) is 12.1 Å². The van der Waals surface area contributed by atoms with Gasteiger partial charge >= 0.3 is 0 Å². The number of anilines is 1. The lowest BCUT2D eigenvalue weighted by molar-refractivity contribution is -0.128. The fraction of sp³-hybridized carbons (Fsp3) is 0.600. The van der Waals surface area contributed by atoms with Gasteiger partial charge in [-0.15, -0.1) is 0 Å². The Labute approximate surface area is 160 Å². The molecule has 0 spiro atoms. The number of amides is 2. The third-order valence-electron chi connectivity index (χ3n) is 5.47. The second-order valence-corrected chi connectivity index (χ2v) is 7.66. The molecule has 0 bridgehead atoms. The summed E-state index contributed by atoms with van der Waals surface area (Å²) in [4.78, 5) is 30.9. The number of rotatable bonds is 5. The van der Waals surface area contributed by atoms with E-state index < -0.39 is 0 Å². The number of hydrogen-bond donors (Lipinski definition) is 1. The summed E-state index contributed by atoms with van der Waals surface area (Å²) in [5.74, 6) is -0.346. The Morgan fingerprint density at radius 1 is 1.11 bits per heavy atom. The van der Waals surface area contributed by atoms with Crippen molar-refractivity contribution in [2.75, 3.05) is 37.6 Å². The quantitative estimate of drug-likeness (QED) is 0.845. The Hall–Kier alpha value is -1.99. The van der Waals surface area contributed by atoms with Gasteiger partial charge in [0.1, 0.15) is 5.82 Å². The minimum absolute atomic E-state index is 0.0286. The summed E-state index contributed by atoms with van der Waals surface area (Å²) in [7, 11) is 0. The lowest BCUT2D eigenvalue weighted by atomic mass is 10.1. The number of carbonyl (C=O) groups excluding carboxylic acids is 2. The first-order valence-corrected chi connectivity index (χ1v) is 9.73. The molecule has 2 aliphatic rings. The molecule has 2 atom stereocenters. The van der Waals surface area contributed by atoms with Crippen LogP contribution in [0.4, 0.5) is 10.1 Å². The summed E-state index contributed by atoms with van der Waals surface area (Å²) in [5.41, 5.74) is 0.364. The minimum Gasteiger partial charge on any atom is -0.353 e. The molecule has 0 aliphatic carbocycles. The van der Waals surface area contributed by atoms with Crippen LogP contribution in [0.1, 0.15) is 27.2 Å². The van der Waals surface area contributed by atoms with Crippen molar-refractivity contribution in [2.45, 2.75) is 45.3 Å². The van der Waals surface area contributed by atoms with Gasteiger partial charge in [-0.25, -0.2) is 4.39 Å². The molecule has 1 aromatic rings. The molecule has 2 heterocycles. The van der Waals surface area contributed by atoms with Gasteiger partial charge in [0.05, 0.1) is 17.8 Å². The van der Waals surface area contributed by atoms with E-state index in [4.69, 9.17) is 0 Å². The molecule has 0 radical (unpaired) electrons. The van der Waals surface area contributed by atoms with Crippen LogP contribution in [0.15, 0.2) is 24.3 Å². The van der Waals surface area contributed by atoms with Crippen molar-refractivity contribution >= 4 is 17.5 Å². The second-order valence-electron chi connectivity index (χ2n) is 7.66. The number of nitrogens with one attached hydrogen (secondary N) is 1. The van der Waals surface area contributed by atoms with Gasteiger partial charge in [-0.2, -0.15) is 0 Å². The third kappa shape index (κ3) is 4.30. The number of halogens is 1. The van der Waals surface area contributed by atoms with Gasteiger partial charge in [0.15, 0.2) is 0 Å². The summed E-state index contributed by atoms with van der Waals surface area (Å²) in [6.07, 6.45) is 0.705. The van der Waals surface area contributed by atoms with Crippen molar-refractivity contribution < 1.29 is 14.0 Å². The summed E-state index contributed by atoms with van der Waals surface area (Å²) >= 11 is 0. The van der Waals surface area contributed by atoms with Crippen molar-refractivity contribution in [3.63, 3.8) is 0 Å². The van der Waals surface area contributed by atoms with Gasteiger partial charge in [0.2, 0.25) is 11.8 Å². The predicted octanol–water partition coefficient (Wildman–Crippen LogP) is 1.46. The van der Waals surface area contributed by atoms with E-state index in [1.807, 2.05) is 20.8 Å². The third-order valence-corrected chi connectivity index (χ3v) is 5.47. The highest BCUT2D eigenvalue weighted by atomic mass is 19.1. The lowest BCUT2D eigenvalue weighted by Crippen LogP contribution is -2.57. The maximum absolute atomic E-state index is 14.0. The van der Waals surface area contributed by atoms with E-state index in [0.717, 1.165) is 26.2 Å².